The SMILES string of the molecule is CC(C)c1cccc(-c2ccc(S(=O)(=O)NC3CCCCc4c(OCC(=O)OC(C)(C)C)cccc43)nc2)c1. The molecule has 0 radical (unpaired) electrons. The molecule has 0 spiro atoms. The molecule has 0 amide bonds. The van der Waals surface area contributed by atoms with Gasteiger partial charge in [0.1, 0.15) is 11.4 Å². The van der Waals surface area contributed by atoms with Crippen molar-refractivity contribution in [3.63, 3.8) is 0 Å². The third-order valence-corrected chi connectivity index (χ3v) is 8.06. The Bertz CT molecular complexity index is 1410. The average Bonchev–Trinajstić information content (AvgIpc) is 3.09. The van der Waals surface area contributed by atoms with Gasteiger partial charge in [0.2, 0.25) is 0 Å². The maximum absolute atomic E-state index is 13.4. The Morgan fingerprint density at radius 3 is 2.51 bits per heavy atom. The second kappa shape index (κ2) is 11.9. The first-order chi connectivity index (χ1) is 18.4. The number of esters is 1. The smallest absolute Gasteiger partial charge is 0.344 e. The number of hydrogen-bond donors (Lipinski definition) is 1. The highest BCUT2D eigenvalue weighted by Gasteiger charge is 2.27. The molecule has 3 aromatic rings. The predicted octanol–water partition coefficient (Wildman–Crippen LogP) is 6.34. The predicted molar refractivity (Wildman–Crippen MR) is 152 cm³/mol. The summed E-state index contributed by atoms with van der Waals surface area (Å²) in [5.74, 6) is 0.527. The number of aromatic nitrogens is 1. The van der Waals surface area contributed by atoms with Gasteiger partial charge < -0.3 is 9.47 Å². The highest BCUT2D eigenvalue weighted by molar-refractivity contribution is 7.89. The van der Waals surface area contributed by atoms with E-state index in [1.165, 1.54) is 5.56 Å². The zero-order chi connectivity index (χ0) is 28.2. The van der Waals surface area contributed by atoms with Gasteiger partial charge in [0, 0.05) is 17.8 Å². The number of carbonyl (C=O) groups excluding carboxylic acids is 1. The van der Waals surface area contributed by atoms with Crippen molar-refractivity contribution in [3.8, 4) is 16.9 Å². The third kappa shape index (κ3) is 7.46. The summed E-state index contributed by atoms with van der Waals surface area (Å²) in [6.45, 7) is 9.50. The van der Waals surface area contributed by atoms with Crippen LogP contribution in [0.25, 0.3) is 11.1 Å². The molecule has 7 nitrogen and oxygen atoms in total. The minimum Gasteiger partial charge on any atom is -0.482 e. The summed E-state index contributed by atoms with van der Waals surface area (Å²) in [4.78, 5) is 16.5. The van der Waals surface area contributed by atoms with Crippen LogP contribution in [-0.2, 0) is 26.0 Å². The number of pyridine rings is 1. The standard InChI is InChI=1S/C31H38N2O5S/c1-21(2)22-10-8-11-23(18-22)24-16-17-29(32-19-24)39(35,36)33-27-14-7-6-12-26-25(27)13-9-15-28(26)37-20-30(34)38-31(3,4)5/h8-11,13,15-19,21,27,33H,6-7,12,14,20H2,1-5H3. The molecule has 1 N–H and O–H groups in total. The van der Waals surface area contributed by atoms with Gasteiger partial charge in [0.05, 0.1) is 0 Å². The summed E-state index contributed by atoms with van der Waals surface area (Å²) < 4.78 is 40.8. The topological polar surface area (TPSA) is 94.6 Å². The van der Waals surface area contributed by atoms with E-state index in [2.05, 4.69) is 35.7 Å². The molecule has 1 aliphatic rings. The molecule has 0 bridgehead atoms. The van der Waals surface area contributed by atoms with E-state index in [0.717, 1.165) is 41.5 Å². The third-order valence-electron chi connectivity index (χ3n) is 6.68. The molecule has 2 aromatic carbocycles. The first kappa shape index (κ1) is 28.8. The Balaban J connectivity index is 1.52. The largest absolute Gasteiger partial charge is 0.482 e. The quantitative estimate of drug-likeness (QED) is 0.260. The van der Waals surface area contributed by atoms with E-state index in [1.54, 1.807) is 18.3 Å². The van der Waals surface area contributed by atoms with Crippen molar-refractivity contribution in [1.82, 2.24) is 9.71 Å². The van der Waals surface area contributed by atoms with Crippen molar-refractivity contribution >= 4 is 16.0 Å². The maximum Gasteiger partial charge on any atom is 0.344 e. The normalized spacial score (nSPS) is 15.9. The minimum absolute atomic E-state index is 0.0191. The number of benzene rings is 2. The monoisotopic (exact) mass is 550 g/mol. The minimum atomic E-state index is -3.87. The second-order valence-corrected chi connectivity index (χ2v) is 12.9. The number of rotatable bonds is 8. The molecule has 1 aliphatic carbocycles. The van der Waals surface area contributed by atoms with Crippen molar-refractivity contribution in [2.75, 3.05) is 6.61 Å². The van der Waals surface area contributed by atoms with Crippen molar-refractivity contribution in [2.45, 2.75) is 82.9 Å². The van der Waals surface area contributed by atoms with Crippen LogP contribution in [0.5, 0.6) is 5.75 Å². The number of ether oxygens (including phenoxy) is 2. The summed E-state index contributed by atoms with van der Waals surface area (Å²) in [5, 5.41) is -0.0191. The van der Waals surface area contributed by atoms with E-state index in [9.17, 15) is 13.2 Å². The number of hydrogen-bond acceptors (Lipinski definition) is 6. The van der Waals surface area contributed by atoms with Crippen molar-refractivity contribution in [2.24, 2.45) is 0 Å². The Kier molecular flexibility index (Phi) is 8.76. The highest BCUT2D eigenvalue weighted by Crippen LogP contribution is 2.35. The van der Waals surface area contributed by atoms with Crippen molar-refractivity contribution < 1.29 is 22.7 Å². The van der Waals surface area contributed by atoms with Gasteiger partial charge in [-0.15, -0.1) is 0 Å². The van der Waals surface area contributed by atoms with Crippen LogP contribution in [0.2, 0.25) is 0 Å². The molecular formula is C31H38N2O5S. The number of fused-ring (bicyclic) bond motifs is 1. The Morgan fingerprint density at radius 1 is 1.05 bits per heavy atom. The van der Waals surface area contributed by atoms with Crippen LogP contribution < -0.4 is 9.46 Å². The van der Waals surface area contributed by atoms with Crippen molar-refractivity contribution in [3.05, 3.63) is 77.5 Å². The molecule has 8 heteroatoms. The Hall–Kier alpha value is -3.23. The summed E-state index contributed by atoms with van der Waals surface area (Å²) >= 11 is 0. The fourth-order valence-electron chi connectivity index (χ4n) is 4.78. The molecule has 1 aromatic heterocycles. The van der Waals surface area contributed by atoms with Crippen LogP contribution >= 0.6 is 0 Å². The molecular weight excluding hydrogens is 512 g/mol. The van der Waals surface area contributed by atoms with Crippen LogP contribution in [0.1, 0.15) is 82.5 Å². The zero-order valence-corrected chi connectivity index (χ0v) is 24.2. The van der Waals surface area contributed by atoms with Gasteiger partial charge in [-0.2, -0.15) is 0 Å². The fraction of sp³-hybridized carbons (Fsp3) is 0.419. The summed E-state index contributed by atoms with van der Waals surface area (Å²) in [7, 11) is -3.87. The maximum atomic E-state index is 13.4. The van der Waals surface area contributed by atoms with E-state index in [0.29, 0.717) is 18.1 Å². The first-order valence-corrected chi connectivity index (χ1v) is 15.0. The van der Waals surface area contributed by atoms with Crippen LogP contribution in [0.4, 0.5) is 0 Å². The Morgan fingerprint density at radius 2 is 1.82 bits per heavy atom. The van der Waals surface area contributed by atoms with E-state index in [1.807, 2.05) is 51.1 Å². The van der Waals surface area contributed by atoms with E-state index in [4.69, 9.17) is 9.47 Å². The lowest BCUT2D eigenvalue weighted by Crippen LogP contribution is -2.30. The van der Waals surface area contributed by atoms with Crippen molar-refractivity contribution in [1.29, 1.82) is 0 Å². The van der Waals surface area contributed by atoms with Crippen LogP contribution in [0.15, 0.2) is 65.8 Å². The first-order valence-electron chi connectivity index (χ1n) is 13.5. The summed E-state index contributed by atoms with van der Waals surface area (Å²) in [5.41, 5.74) is 4.26. The Labute approximate surface area is 232 Å². The zero-order valence-electron chi connectivity index (χ0n) is 23.4. The molecule has 39 heavy (non-hydrogen) atoms. The molecule has 1 atom stereocenters. The lowest BCUT2D eigenvalue weighted by Gasteiger charge is -2.22. The molecule has 1 unspecified atom stereocenters. The van der Waals surface area contributed by atoms with Gasteiger partial charge in [-0.1, -0.05) is 56.7 Å². The molecule has 0 saturated carbocycles. The second-order valence-electron chi connectivity index (χ2n) is 11.3. The highest BCUT2D eigenvalue weighted by atomic mass is 32.2. The summed E-state index contributed by atoms with van der Waals surface area (Å²) in [6.07, 6.45) is 4.74. The molecule has 0 fully saturated rings. The number of carbonyl (C=O) groups is 1. The van der Waals surface area contributed by atoms with E-state index >= 15 is 0 Å². The molecule has 1 heterocycles. The lowest BCUT2D eigenvalue weighted by atomic mass is 9.98. The molecule has 0 saturated heterocycles. The van der Waals surface area contributed by atoms with Gasteiger partial charge in [0.15, 0.2) is 11.6 Å². The van der Waals surface area contributed by atoms with Gasteiger partial charge in [0.25, 0.3) is 10.0 Å². The van der Waals surface area contributed by atoms with Crippen LogP contribution in [-0.4, -0.2) is 31.6 Å². The van der Waals surface area contributed by atoms with Gasteiger partial charge in [-0.05, 0) is 86.4 Å². The number of sulfonamides is 1. The van der Waals surface area contributed by atoms with E-state index in [-0.39, 0.29) is 11.6 Å². The molecule has 0 aliphatic heterocycles. The fourth-order valence-corrected chi connectivity index (χ4v) is 5.96. The number of nitrogens with one attached hydrogen (secondary N) is 1. The van der Waals surface area contributed by atoms with E-state index < -0.39 is 27.6 Å². The summed E-state index contributed by atoms with van der Waals surface area (Å²) in [6, 6.07) is 16.7. The van der Waals surface area contributed by atoms with Gasteiger partial charge in [-0.3, -0.25) is 0 Å². The molecule has 208 valence electrons. The lowest BCUT2D eigenvalue weighted by molar-refractivity contribution is -0.157. The van der Waals surface area contributed by atoms with Crippen LogP contribution in [0, 0.1) is 0 Å². The van der Waals surface area contributed by atoms with Gasteiger partial charge >= 0.3 is 5.97 Å². The van der Waals surface area contributed by atoms with Crippen LogP contribution in [0.3, 0.4) is 0 Å². The molecule has 4 rings (SSSR count). The average molecular weight is 551 g/mol. The number of nitrogens with zero attached hydrogens (tertiary/aromatic N) is 1. The van der Waals surface area contributed by atoms with Gasteiger partial charge in [-0.25, -0.2) is 22.9 Å².